The zero-order chi connectivity index (χ0) is 12.8. The maximum atomic E-state index is 12.0. The fraction of sp³-hybridized carbons (Fsp3) is 0.929. The Kier molecular flexibility index (Phi) is 5.45. The fourth-order valence-electron chi connectivity index (χ4n) is 3.05. The lowest BCUT2D eigenvalue weighted by Gasteiger charge is -2.27. The quantitative estimate of drug-likeness (QED) is 0.800. The number of amides is 1. The lowest BCUT2D eigenvalue weighted by molar-refractivity contribution is -0.124. The van der Waals surface area contributed by atoms with E-state index in [0.717, 1.165) is 25.9 Å². The number of carbonyl (C=O) groups is 1. The molecule has 1 aliphatic carbocycles. The topological polar surface area (TPSA) is 64.4 Å². The van der Waals surface area contributed by atoms with Gasteiger partial charge in [0, 0.05) is 6.61 Å². The molecule has 104 valence electrons. The molecule has 18 heavy (non-hydrogen) atoms. The second-order valence-corrected chi connectivity index (χ2v) is 5.77. The Balaban J connectivity index is 1.69. The minimum Gasteiger partial charge on any atom is -0.379 e. The largest absolute Gasteiger partial charge is 0.379 e. The summed E-state index contributed by atoms with van der Waals surface area (Å²) >= 11 is 0. The minimum atomic E-state index is -0.338. The Hall–Kier alpha value is -0.610. The van der Waals surface area contributed by atoms with E-state index < -0.39 is 0 Å². The van der Waals surface area contributed by atoms with Crippen LogP contribution in [0.2, 0.25) is 0 Å². The highest BCUT2D eigenvalue weighted by molar-refractivity contribution is 5.81. The number of nitrogens with one attached hydrogen (secondary N) is 1. The van der Waals surface area contributed by atoms with E-state index in [1.54, 1.807) is 0 Å². The summed E-state index contributed by atoms with van der Waals surface area (Å²) in [5.41, 5.74) is 6.01. The molecule has 2 rings (SSSR count). The smallest absolute Gasteiger partial charge is 0.237 e. The number of carbonyl (C=O) groups excluding carboxylic acids is 1. The van der Waals surface area contributed by atoms with Gasteiger partial charge in [0.05, 0.1) is 18.7 Å². The Bertz CT molecular complexity index is 259. The molecule has 0 aromatic rings. The lowest BCUT2D eigenvalue weighted by atomic mass is 9.85. The molecule has 2 aliphatic rings. The molecule has 4 heteroatoms. The van der Waals surface area contributed by atoms with Crippen LogP contribution in [0.25, 0.3) is 0 Å². The van der Waals surface area contributed by atoms with Crippen molar-refractivity contribution in [2.45, 2.75) is 63.5 Å². The van der Waals surface area contributed by atoms with Crippen molar-refractivity contribution in [2.75, 3.05) is 13.2 Å². The Morgan fingerprint density at radius 2 is 2.00 bits per heavy atom. The van der Waals surface area contributed by atoms with Crippen LogP contribution in [0.4, 0.5) is 0 Å². The van der Waals surface area contributed by atoms with Gasteiger partial charge in [0.1, 0.15) is 0 Å². The standard InChI is InChI=1S/C14H26N2O2/c15-13(9-11-5-2-1-3-6-11)14(17)16-12-7-4-8-18-10-12/h11-13H,1-10,15H2,(H,16,17). The van der Waals surface area contributed by atoms with E-state index in [4.69, 9.17) is 10.5 Å². The molecule has 1 saturated heterocycles. The van der Waals surface area contributed by atoms with E-state index in [9.17, 15) is 4.79 Å². The Morgan fingerprint density at radius 1 is 1.22 bits per heavy atom. The summed E-state index contributed by atoms with van der Waals surface area (Å²) in [6, 6.07) is -0.168. The van der Waals surface area contributed by atoms with Gasteiger partial charge in [-0.05, 0) is 25.2 Å². The second-order valence-electron chi connectivity index (χ2n) is 5.77. The van der Waals surface area contributed by atoms with Gasteiger partial charge in [0.25, 0.3) is 0 Å². The van der Waals surface area contributed by atoms with Crippen LogP contribution < -0.4 is 11.1 Å². The first-order chi connectivity index (χ1) is 8.75. The first-order valence-corrected chi connectivity index (χ1v) is 7.39. The summed E-state index contributed by atoms with van der Waals surface area (Å²) in [7, 11) is 0. The summed E-state index contributed by atoms with van der Waals surface area (Å²) in [4.78, 5) is 12.0. The highest BCUT2D eigenvalue weighted by atomic mass is 16.5. The number of rotatable bonds is 4. The van der Waals surface area contributed by atoms with Gasteiger partial charge < -0.3 is 15.8 Å². The zero-order valence-electron chi connectivity index (χ0n) is 11.2. The first kappa shape index (κ1) is 13.8. The molecule has 1 heterocycles. The van der Waals surface area contributed by atoms with Crippen LogP contribution in [-0.4, -0.2) is 31.2 Å². The van der Waals surface area contributed by atoms with Crippen LogP contribution >= 0.6 is 0 Å². The van der Waals surface area contributed by atoms with E-state index in [1.807, 2.05) is 0 Å². The second kappa shape index (κ2) is 7.10. The summed E-state index contributed by atoms with van der Waals surface area (Å²) in [5.74, 6) is 0.665. The maximum absolute atomic E-state index is 12.0. The van der Waals surface area contributed by atoms with Crippen LogP contribution in [0.3, 0.4) is 0 Å². The van der Waals surface area contributed by atoms with E-state index in [0.29, 0.717) is 12.5 Å². The number of nitrogens with two attached hydrogens (primary N) is 1. The number of hydrogen-bond acceptors (Lipinski definition) is 3. The molecular weight excluding hydrogens is 228 g/mol. The molecule has 2 fully saturated rings. The maximum Gasteiger partial charge on any atom is 0.237 e. The van der Waals surface area contributed by atoms with Crippen LogP contribution in [0.5, 0.6) is 0 Å². The molecule has 0 aromatic heterocycles. The van der Waals surface area contributed by atoms with Crippen LogP contribution in [0.1, 0.15) is 51.4 Å². The summed E-state index contributed by atoms with van der Waals surface area (Å²) in [6.45, 7) is 1.46. The molecule has 0 bridgehead atoms. The van der Waals surface area contributed by atoms with Gasteiger partial charge in [0.2, 0.25) is 5.91 Å². The molecule has 2 atom stereocenters. The monoisotopic (exact) mass is 254 g/mol. The van der Waals surface area contributed by atoms with E-state index in [1.165, 1.54) is 32.1 Å². The van der Waals surface area contributed by atoms with Crippen LogP contribution in [-0.2, 0) is 9.53 Å². The van der Waals surface area contributed by atoms with Gasteiger partial charge in [-0.3, -0.25) is 4.79 Å². The Morgan fingerprint density at radius 3 is 2.67 bits per heavy atom. The van der Waals surface area contributed by atoms with Crippen molar-refractivity contribution in [3.63, 3.8) is 0 Å². The minimum absolute atomic E-state index is 0.0103. The lowest BCUT2D eigenvalue weighted by Crippen LogP contribution is -2.48. The fourth-order valence-corrected chi connectivity index (χ4v) is 3.05. The molecule has 4 nitrogen and oxygen atoms in total. The summed E-state index contributed by atoms with van der Waals surface area (Å²) in [6.07, 6.45) is 9.33. The van der Waals surface area contributed by atoms with Gasteiger partial charge in [-0.25, -0.2) is 0 Å². The van der Waals surface area contributed by atoms with Crippen molar-refractivity contribution >= 4 is 5.91 Å². The van der Waals surface area contributed by atoms with Gasteiger partial charge in [-0.2, -0.15) is 0 Å². The van der Waals surface area contributed by atoms with Crippen molar-refractivity contribution in [1.82, 2.24) is 5.32 Å². The molecule has 0 aromatic carbocycles. The molecular formula is C14H26N2O2. The molecule has 0 spiro atoms. The van der Waals surface area contributed by atoms with Crippen molar-refractivity contribution in [3.05, 3.63) is 0 Å². The Labute approximate surface area is 110 Å². The molecule has 3 N–H and O–H groups in total. The zero-order valence-corrected chi connectivity index (χ0v) is 11.2. The average molecular weight is 254 g/mol. The number of ether oxygens (including phenoxy) is 1. The van der Waals surface area contributed by atoms with Gasteiger partial charge in [-0.15, -0.1) is 0 Å². The molecule has 1 amide bonds. The van der Waals surface area contributed by atoms with Crippen LogP contribution in [0, 0.1) is 5.92 Å². The van der Waals surface area contributed by atoms with E-state index in [2.05, 4.69) is 5.32 Å². The first-order valence-electron chi connectivity index (χ1n) is 7.39. The van der Waals surface area contributed by atoms with Gasteiger partial charge in [-0.1, -0.05) is 32.1 Å². The normalized spacial score (nSPS) is 27.7. The number of hydrogen-bond donors (Lipinski definition) is 2. The van der Waals surface area contributed by atoms with Gasteiger partial charge in [0.15, 0.2) is 0 Å². The third-order valence-corrected chi connectivity index (χ3v) is 4.16. The molecule has 2 unspecified atom stereocenters. The third-order valence-electron chi connectivity index (χ3n) is 4.16. The van der Waals surface area contributed by atoms with E-state index >= 15 is 0 Å². The van der Waals surface area contributed by atoms with Gasteiger partial charge >= 0.3 is 0 Å². The predicted octanol–water partition coefficient (Wildman–Crippen LogP) is 1.58. The highest BCUT2D eigenvalue weighted by Crippen LogP contribution is 2.27. The predicted molar refractivity (Wildman–Crippen MR) is 71.2 cm³/mol. The third kappa shape index (κ3) is 4.25. The summed E-state index contributed by atoms with van der Waals surface area (Å²) < 4.78 is 5.36. The van der Waals surface area contributed by atoms with Crippen molar-refractivity contribution in [3.8, 4) is 0 Å². The molecule has 1 saturated carbocycles. The van der Waals surface area contributed by atoms with Crippen molar-refractivity contribution < 1.29 is 9.53 Å². The average Bonchev–Trinajstić information content (AvgIpc) is 2.41. The highest BCUT2D eigenvalue weighted by Gasteiger charge is 2.23. The van der Waals surface area contributed by atoms with Crippen LogP contribution in [0.15, 0.2) is 0 Å². The SMILES string of the molecule is NC(CC1CCCCC1)C(=O)NC1CCCOC1. The molecule has 1 aliphatic heterocycles. The summed E-state index contributed by atoms with van der Waals surface area (Å²) in [5, 5.41) is 3.02. The van der Waals surface area contributed by atoms with Crippen molar-refractivity contribution in [2.24, 2.45) is 11.7 Å². The van der Waals surface area contributed by atoms with Crippen molar-refractivity contribution in [1.29, 1.82) is 0 Å². The molecule has 0 radical (unpaired) electrons. The van der Waals surface area contributed by atoms with E-state index in [-0.39, 0.29) is 18.0 Å².